The first-order valence-electron chi connectivity index (χ1n) is 16.4. The Balaban J connectivity index is 1.15. The number of rotatable bonds is 4. The molecule has 0 N–H and O–H groups in total. The third-order valence-corrected chi connectivity index (χ3v) is 10.2. The van der Waals surface area contributed by atoms with Crippen LogP contribution in [0.4, 0.5) is 17.1 Å². The highest BCUT2D eigenvalue weighted by Gasteiger charge is 2.43. The van der Waals surface area contributed by atoms with E-state index >= 15 is 0 Å². The van der Waals surface area contributed by atoms with E-state index in [2.05, 4.69) is 141 Å². The molecule has 3 heterocycles. The van der Waals surface area contributed by atoms with Crippen molar-refractivity contribution in [3.05, 3.63) is 139 Å². The van der Waals surface area contributed by atoms with E-state index in [9.17, 15) is 0 Å². The maximum atomic E-state index is 6.63. The molecule has 0 unspecified atom stereocenters. The highest BCUT2D eigenvalue weighted by molar-refractivity contribution is 6.98. The summed E-state index contributed by atoms with van der Waals surface area (Å²) in [4.78, 5) is 6.95. The summed E-state index contributed by atoms with van der Waals surface area (Å²) in [5.74, 6) is 3.08. The maximum absolute atomic E-state index is 6.63. The Hall–Kier alpha value is -5.29. The van der Waals surface area contributed by atoms with Crippen LogP contribution in [0, 0.1) is 0 Å². The van der Waals surface area contributed by atoms with Crippen molar-refractivity contribution in [1.82, 2.24) is 4.98 Å². The lowest BCUT2D eigenvalue weighted by molar-refractivity contribution is 0.403. The molecule has 0 saturated heterocycles. The van der Waals surface area contributed by atoms with Crippen LogP contribution in [-0.2, 0) is 10.8 Å². The normalized spacial score (nSPS) is 15.8. The molecule has 3 aliphatic rings. The van der Waals surface area contributed by atoms with Gasteiger partial charge < -0.3 is 14.4 Å². The smallest absolute Gasteiger partial charge is 0.262 e. The molecule has 0 fully saturated rings. The van der Waals surface area contributed by atoms with Crippen LogP contribution in [0.25, 0.3) is 11.1 Å². The van der Waals surface area contributed by atoms with Gasteiger partial charge in [0.1, 0.15) is 17.2 Å². The van der Waals surface area contributed by atoms with E-state index in [1.807, 2.05) is 18.2 Å². The van der Waals surface area contributed by atoms with Crippen molar-refractivity contribution in [1.29, 1.82) is 0 Å². The van der Waals surface area contributed by atoms with Crippen molar-refractivity contribution >= 4 is 40.2 Å². The third kappa shape index (κ3) is 4.40. The molecule has 6 aromatic rings. The molecule has 0 atom stereocenters. The standard InChI is InChI=1S/C42H35BN2O2/c1-41(2)26-42(3,4)33-23-27(15-18-32(33)41)28-16-19-34-37(24-28)47-40-39-36(21-22-44-40)46-38-25-31(17-20-35(38)43(34)39)45(29-11-7-5-8-12-29)30-13-9-6-10-14-30/h5-25H,26H2,1-4H3. The molecule has 0 saturated carbocycles. The Bertz CT molecular complexity index is 2150. The van der Waals surface area contributed by atoms with Crippen molar-refractivity contribution in [2.45, 2.75) is 44.9 Å². The highest BCUT2D eigenvalue weighted by atomic mass is 16.5. The van der Waals surface area contributed by atoms with Crippen molar-refractivity contribution in [2.75, 3.05) is 4.90 Å². The summed E-state index contributed by atoms with van der Waals surface area (Å²) in [7, 11) is 0. The van der Waals surface area contributed by atoms with Crippen LogP contribution in [0.1, 0.15) is 45.2 Å². The van der Waals surface area contributed by atoms with E-state index in [4.69, 9.17) is 9.47 Å². The number of ether oxygens (including phenoxy) is 2. The fourth-order valence-electron chi connectivity index (χ4n) is 8.37. The summed E-state index contributed by atoms with van der Waals surface area (Å²) in [6.07, 6.45) is 2.93. The molecule has 5 aromatic carbocycles. The summed E-state index contributed by atoms with van der Waals surface area (Å²) in [5.41, 5.74) is 12.0. The van der Waals surface area contributed by atoms with E-state index in [-0.39, 0.29) is 17.5 Å². The predicted octanol–water partition coefficient (Wildman–Crippen LogP) is 8.90. The molecular weight excluding hydrogens is 575 g/mol. The molecule has 47 heavy (non-hydrogen) atoms. The molecule has 1 aliphatic carbocycles. The van der Waals surface area contributed by atoms with Gasteiger partial charge in [-0.3, -0.25) is 0 Å². The van der Waals surface area contributed by atoms with Crippen LogP contribution in [0.3, 0.4) is 0 Å². The second kappa shape index (κ2) is 10.1. The summed E-state index contributed by atoms with van der Waals surface area (Å²) in [5, 5.41) is 0. The lowest BCUT2D eigenvalue weighted by atomic mass is 9.35. The average molecular weight is 611 g/mol. The first-order valence-corrected chi connectivity index (χ1v) is 16.4. The number of nitrogens with zero attached hydrogens (tertiary/aromatic N) is 2. The van der Waals surface area contributed by atoms with Crippen LogP contribution in [0.2, 0.25) is 0 Å². The number of benzene rings is 5. The lowest BCUT2D eigenvalue weighted by Crippen LogP contribution is -2.57. The summed E-state index contributed by atoms with van der Waals surface area (Å²) in [6.45, 7) is 9.41. The zero-order chi connectivity index (χ0) is 31.9. The first kappa shape index (κ1) is 28.0. The Morgan fingerprint density at radius 3 is 1.91 bits per heavy atom. The van der Waals surface area contributed by atoms with Gasteiger partial charge in [-0.1, -0.05) is 100 Å². The van der Waals surface area contributed by atoms with Gasteiger partial charge in [-0.15, -0.1) is 0 Å². The molecule has 0 amide bonds. The van der Waals surface area contributed by atoms with Gasteiger partial charge in [0.25, 0.3) is 6.71 Å². The van der Waals surface area contributed by atoms with Crippen molar-refractivity contribution in [3.8, 4) is 34.3 Å². The molecular formula is C42H35BN2O2. The highest BCUT2D eigenvalue weighted by Crippen LogP contribution is 2.50. The largest absolute Gasteiger partial charge is 0.458 e. The zero-order valence-corrected chi connectivity index (χ0v) is 27.1. The maximum Gasteiger partial charge on any atom is 0.262 e. The van der Waals surface area contributed by atoms with Crippen molar-refractivity contribution < 1.29 is 9.47 Å². The minimum absolute atomic E-state index is 0.0500. The molecule has 0 bridgehead atoms. The van der Waals surface area contributed by atoms with Crippen LogP contribution >= 0.6 is 0 Å². The van der Waals surface area contributed by atoms with Gasteiger partial charge in [-0.05, 0) is 92.9 Å². The second-order valence-electron chi connectivity index (χ2n) is 14.4. The zero-order valence-electron chi connectivity index (χ0n) is 27.1. The molecule has 228 valence electrons. The number of para-hydroxylation sites is 2. The molecule has 0 spiro atoms. The number of fused-ring (bicyclic) bond motifs is 5. The van der Waals surface area contributed by atoms with E-state index in [1.54, 1.807) is 6.20 Å². The van der Waals surface area contributed by atoms with Crippen LogP contribution in [-0.4, -0.2) is 11.7 Å². The van der Waals surface area contributed by atoms with Crippen molar-refractivity contribution in [3.63, 3.8) is 0 Å². The van der Waals surface area contributed by atoms with Crippen molar-refractivity contribution in [2.24, 2.45) is 0 Å². The van der Waals surface area contributed by atoms with E-state index in [0.717, 1.165) is 62.7 Å². The Kier molecular flexibility index (Phi) is 6.02. The molecule has 0 radical (unpaired) electrons. The number of pyridine rings is 1. The summed E-state index contributed by atoms with van der Waals surface area (Å²) in [6, 6.07) is 43.1. The topological polar surface area (TPSA) is 34.6 Å². The van der Waals surface area contributed by atoms with Gasteiger partial charge in [0.05, 0.1) is 0 Å². The second-order valence-corrected chi connectivity index (χ2v) is 14.4. The number of hydrogen-bond acceptors (Lipinski definition) is 4. The fourth-order valence-corrected chi connectivity index (χ4v) is 8.37. The molecule has 9 rings (SSSR count). The van der Waals surface area contributed by atoms with Crippen LogP contribution < -0.4 is 30.8 Å². The third-order valence-electron chi connectivity index (χ3n) is 10.2. The minimum atomic E-state index is -0.0500. The Labute approximate surface area is 276 Å². The summed E-state index contributed by atoms with van der Waals surface area (Å²) >= 11 is 0. The number of aromatic nitrogens is 1. The number of hydrogen-bond donors (Lipinski definition) is 0. The quantitative estimate of drug-likeness (QED) is 0.187. The minimum Gasteiger partial charge on any atom is -0.458 e. The average Bonchev–Trinajstić information content (AvgIpc) is 3.27. The van der Waals surface area contributed by atoms with Crippen LogP contribution in [0.5, 0.6) is 23.1 Å². The van der Waals surface area contributed by atoms with E-state index < -0.39 is 0 Å². The van der Waals surface area contributed by atoms with Gasteiger partial charge in [0.15, 0.2) is 0 Å². The monoisotopic (exact) mass is 610 g/mol. The molecule has 5 heteroatoms. The Morgan fingerprint density at radius 1 is 0.574 bits per heavy atom. The first-order chi connectivity index (χ1) is 22.8. The van der Waals surface area contributed by atoms with E-state index in [1.165, 1.54) is 16.7 Å². The predicted molar refractivity (Wildman–Crippen MR) is 193 cm³/mol. The fraction of sp³-hybridized carbons (Fsp3) is 0.167. The van der Waals surface area contributed by atoms with Gasteiger partial charge in [-0.2, -0.15) is 0 Å². The Morgan fingerprint density at radius 2 is 1.19 bits per heavy atom. The lowest BCUT2D eigenvalue weighted by Gasteiger charge is -2.33. The number of anilines is 3. The van der Waals surface area contributed by atoms with Gasteiger partial charge in [0.2, 0.25) is 5.88 Å². The molecule has 4 nitrogen and oxygen atoms in total. The van der Waals surface area contributed by atoms with Gasteiger partial charge >= 0.3 is 0 Å². The summed E-state index contributed by atoms with van der Waals surface area (Å²) < 4.78 is 13.2. The molecule has 2 aliphatic heterocycles. The van der Waals surface area contributed by atoms with Gasteiger partial charge in [-0.25, -0.2) is 4.98 Å². The van der Waals surface area contributed by atoms with Crippen LogP contribution in [0.15, 0.2) is 128 Å². The van der Waals surface area contributed by atoms with E-state index in [0.29, 0.717) is 5.88 Å². The molecule has 1 aromatic heterocycles. The van der Waals surface area contributed by atoms with Gasteiger partial charge in [0, 0.05) is 34.8 Å². The SMILES string of the molecule is CC1(C)CC(C)(C)c2cc(-c3ccc4c(c3)Oc3nccc5c3B4c3ccc(N(c4ccccc4)c4ccccc4)cc3O5)ccc21.